The van der Waals surface area contributed by atoms with Gasteiger partial charge in [-0.25, -0.2) is 9.97 Å². The Morgan fingerprint density at radius 2 is 1.91 bits per heavy atom. The average Bonchev–Trinajstić information content (AvgIpc) is 3.11. The largest absolute Gasteiger partial charge is 0.439 e. The summed E-state index contributed by atoms with van der Waals surface area (Å²) >= 11 is 0. The summed E-state index contributed by atoms with van der Waals surface area (Å²) in [6, 6.07) is 12.7. The van der Waals surface area contributed by atoms with Crippen molar-refractivity contribution in [3.05, 3.63) is 61.2 Å². The molecule has 0 spiro atoms. The smallest absolute Gasteiger partial charge is 0.224 e. The molecule has 116 valence electrons. The second kappa shape index (κ2) is 6.74. The third kappa shape index (κ3) is 3.74. The fourth-order valence-electron chi connectivity index (χ4n) is 1.99. The lowest BCUT2D eigenvalue weighted by Gasteiger charge is -2.08. The Balaban J connectivity index is 1.72. The second-order valence-electron chi connectivity index (χ2n) is 4.83. The van der Waals surface area contributed by atoms with E-state index in [0.717, 1.165) is 11.5 Å². The Morgan fingerprint density at radius 3 is 2.61 bits per heavy atom. The number of amides is 1. The maximum absolute atomic E-state index is 11.3. The van der Waals surface area contributed by atoms with Gasteiger partial charge >= 0.3 is 0 Å². The van der Waals surface area contributed by atoms with Crippen molar-refractivity contribution < 1.29 is 9.53 Å². The van der Waals surface area contributed by atoms with Gasteiger partial charge in [0.25, 0.3) is 0 Å². The van der Waals surface area contributed by atoms with E-state index in [1.54, 1.807) is 30.3 Å². The van der Waals surface area contributed by atoms with Crippen LogP contribution in [0.1, 0.15) is 13.3 Å². The molecule has 2 aromatic heterocycles. The molecule has 0 radical (unpaired) electrons. The highest BCUT2D eigenvalue weighted by Crippen LogP contribution is 2.22. The predicted molar refractivity (Wildman–Crippen MR) is 86.8 cm³/mol. The molecule has 6 heteroatoms. The molecule has 1 aromatic carbocycles. The number of carbonyl (C=O) groups excluding carboxylic acids is 1. The van der Waals surface area contributed by atoms with Crippen LogP contribution in [-0.4, -0.2) is 20.4 Å². The molecular formula is C17H16N4O2. The summed E-state index contributed by atoms with van der Waals surface area (Å²) in [5, 5.41) is 2.79. The summed E-state index contributed by atoms with van der Waals surface area (Å²) in [6.07, 6.45) is 5.70. The van der Waals surface area contributed by atoms with Crippen molar-refractivity contribution in [3.8, 4) is 17.4 Å². The van der Waals surface area contributed by atoms with Crippen molar-refractivity contribution in [2.75, 3.05) is 5.32 Å². The fraction of sp³-hybridized carbons (Fsp3) is 0.118. The van der Waals surface area contributed by atoms with Crippen LogP contribution < -0.4 is 10.1 Å². The van der Waals surface area contributed by atoms with Gasteiger partial charge in [0.15, 0.2) is 0 Å². The summed E-state index contributed by atoms with van der Waals surface area (Å²) in [5.74, 6) is 1.79. The average molecular weight is 308 g/mol. The molecule has 1 amide bonds. The number of aromatic nitrogens is 3. The highest BCUT2D eigenvalue weighted by Gasteiger charge is 2.04. The highest BCUT2D eigenvalue weighted by molar-refractivity contribution is 5.90. The molecule has 23 heavy (non-hydrogen) atoms. The normalized spacial score (nSPS) is 10.3. The number of benzene rings is 1. The number of nitrogens with zero attached hydrogens (tertiary/aromatic N) is 3. The van der Waals surface area contributed by atoms with Crippen molar-refractivity contribution in [3.63, 3.8) is 0 Å². The molecule has 1 N–H and O–H groups in total. The number of ether oxygens (including phenoxy) is 1. The molecule has 0 aliphatic rings. The molecule has 3 rings (SSSR count). The molecule has 0 unspecified atom stereocenters. The molecule has 2 heterocycles. The Labute approximate surface area is 133 Å². The van der Waals surface area contributed by atoms with Crippen LogP contribution in [0.25, 0.3) is 5.82 Å². The van der Waals surface area contributed by atoms with Gasteiger partial charge in [0.2, 0.25) is 11.8 Å². The Hall–Kier alpha value is -3.15. The lowest BCUT2D eigenvalue weighted by molar-refractivity contribution is -0.115. The van der Waals surface area contributed by atoms with E-state index in [1.165, 1.54) is 6.33 Å². The van der Waals surface area contributed by atoms with Crippen LogP contribution in [0.4, 0.5) is 5.69 Å². The van der Waals surface area contributed by atoms with E-state index in [-0.39, 0.29) is 5.91 Å². The zero-order chi connectivity index (χ0) is 16.1. The van der Waals surface area contributed by atoms with Crippen molar-refractivity contribution >= 4 is 11.6 Å². The summed E-state index contributed by atoms with van der Waals surface area (Å²) in [7, 11) is 0. The summed E-state index contributed by atoms with van der Waals surface area (Å²) in [6.45, 7) is 1.81. The SMILES string of the molecule is CCC(=O)Nc1ccc(Oc2cc(-n3cccc3)ncn2)cc1. The first-order valence-corrected chi connectivity index (χ1v) is 7.28. The third-order valence-electron chi connectivity index (χ3n) is 3.18. The van der Waals surface area contributed by atoms with Gasteiger partial charge in [-0.2, -0.15) is 0 Å². The van der Waals surface area contributed by atoms with Gasteiger partial charge in [0.1, 0.15) is 17.9 Å². The molecule has 0 saturated carbocycles. The van der Waals surface area contributed by atoms with Gasteiger partial charge < -0.3 is 14.6 Å². The topological polar surface area (TPSA) is 69.0 Å². The number of carbonyl (C=O) groups is 1. The monoisotopic (exact) mass is 308 g/mol. The molecule has 0 saturated heterocycles. The number of anilines is 1. The van der Waals surface area contributed by atoms with Crippen LogP contribution in [-0.2, 0) is 4.79 Å². The number of rotatable bonds is 5. The number of hydrogen-bond acceptors (Lipinski definition) is 4. The molecule has 0 bridgehead atoms. The zero-order valence-electron chi connectivity index (χ0n) is 12.6. The summed E-state index contributed by atoms with van der Waals surface area (Å²) in [5.41, 5.74) is 0.736. The molecular weight excluding hydrogens is 292 g/mol. The lowest BCUT2D eigenvalue weighted by atomic mass is 10.3. The van der Waals surface area contributed by atoms with Crippen molar-refractivity contribution in [1.29, 1.82) is 0 Å². The summed E-state index contributed by atoms with van der Waals surface area (Å²) in [4.78, 5) is 19.7. The van der Waals surface area contributed by atoms with Crippen LogP contribution >= 0.6 is 0 Å². The minimum Gasteiger partial charge on any atom is -0.439 e. The van der Waals surface area contributed by atoms with Gasteiger partial charge in [-0.05, 0) is 36.4 Å². The first kappa shape index (κ1) is 14.8. The summed E-state index contributed by atoms with van der Waals surface area (Å²) < 4.78 is 7.60. The van der Waals surface area contributed by atoms with E-state index >= 15 is 0 Å². The molecule has 0 aliphatic heterocycles. The lowest BCUT2D eigenvalue weighted by Crippen LogP contribution is -2.09. The van der Waals surface area contributed by atoms with Gasteiger partial charge in [-0.3, -0.25) is 4.79 Å². The minimum atomic E-state index is -0.0224. The Kier molecular flexibility index (Phi) is 4.33. The van der Waals surface area contributed by atoms with E-state index < -0.39 is 0 Å². The fourth-order valence-corrected chi connectivity index (χ4v) is 1.99. The quantitative estimate of drug-likeness (QED) is 0.784. The second-order valence-corrected chi connectivity index (χ2v) is 4.83. The van der Waals surface area contributed by atoms with Gasteiger partial charge in [0.05, 0.1) is 0 Å². The number of hydrogen-bond donors (Lipinski definition) is 1. The zero-order valence-corrected chi connectivity index (χ0v) is 12.6. The van der Waals surface area contributed by atoms with E-state index in [1.807, 2.05) is 36.0 Å². The first-order valence-electron chi connectivity index (χ1n) is 7.28. The van der Waals surface area contributed by atoms with E-state index in [2.05, 4.69) is 15.3 Å². The van der Waals surface area contributed by atoms with Crippen molar-refractivity contribution in [2.45, 2.75) is 13.3 Å². The molecule has 3 aromatic rings. The number of nitrogens with one attached hydrogen (secondary N) is 1. The molecule has 0 atom stereocenters. The first-order chi connectivity index (χ1) is 11.2. The standard InChI is InChI=1S/C17H16N4O2/c1-2-16(22)20-13-5-7-14(8-6-13)23-17-11-15(18-12-19-17)21-9-3-4-10-21/h3-12H,2H2,1H3,(H,20,22). The molecule has 6 nitrogen and oxygen atoms in total. The van der Waals surface area contributed by atoms with Crippen LogP contribution in [0.3, 0.4) is 0 Å². The van der Waals surface area contributed by atoms with E-state index in [9.17, 15) is 4.79 Å². The third-order valence-corrected chi connectivity index (χ3v) is 3.18. The minimum absolute atomic E-state index is 0.0224. The van der Waals surface area contributed by atoms with Crippen molar-refractivity contribution in [2.24, 2.45) is 0 Å². The van der Waals surface area contributed by atoms with Crippen molar-refractivity contribution in [1.82, 2.24) is 14.5 Å². The van der Waals surface area contributed by atoms with Gasteiger partial charge in [-0.1, -0.05) is 6.92 Å². The molecule has 0 aliphatic carbocycles. The van der Waals surface area contributed by atoms with Gasteiger partial charge in [-0.15, -0.1) is 0 Å². The maximum Gasteiger partial charge on any atom is 0.224 e. The van der Waals surface area contributed by atoms with Crippen LogP contribution in [0.15, 0.2) is 61.2 Å². The van der Waals surface area contributed by atoms with Crippen LogP contribution in [0, 0.1) is 0 Å². The maximum atomic E-state index is 11.3. The highest BCUT2D eigenvalue weighted by atomic mass is 16.5. The van der Waals surface area contributed by atoms with Gasteiger partial charge in [0, 0.05) is 30.6 Å². The van der Waals surface area contributed by atoms with Crippen LogP contribution in [0.5, 0.6) is 11.6 Å². The predicted octanol–water partition coefficient (Wildman–Crippen LogP) is 3.41. The Bertz CT molecular complexity index is 783. The molecule has 0 fully saturated rings. The van der Waals surface area contributed by atoms with E-state index in [0.29, 0.717) is 18.1 Å². The Morgan fingerprint density at radius 1 is 1.17 bits per heavy atom. The van der Waals surface area contributed by atoms with Crippen LogP contribution in [0.2, 0.25) is 0 Å². The van der Waals surface area contributed by atoms with E-state index in [4.69, 9.17) is 4.74 Å².